The largest absolute Gasteiger partial charge is 0.481 e. The lowest BCUT2D eigenvalue weighted by molar-refractivity contribution is -0.137. The number of halogens is 2. The number of hydrogen-bond donors (Lipinski definition) is 3. The molecule has 0 aliphatic carbocycles. The quantitative estimate of drug-likeness (QED) is 0.185. The summed E-state index contributed by atoms with van der Waals surface area (Å²) in [6.45, 7) is 2.62. The highest BCUT2D eigenvalue weighted by Crippen LogP contribution is 2.22. The first-order chi connectivity index (χ1) is 15.3. The van der Waals surface area contributed by atoms with Crippen molar-refractivity contribution in [3.05, 3.63) is 50.7 Å². The maximum Gasteiger partial charge on any atom is 0.332 e. The molecule has 0 aliphatic rings. The first kappa shape index (κ1) is 29.3. The Morgan fingerprint density at radius 3 is 2.24 bits per heavy atom. The van der Waals surface area contributed by atoms with Gasteiger partial charge in [-0.3, -0.25) is 24.1 Å². The van der Waals surface area contributed by atoms with E-state index in [4.69, 9.17) is 16.2 Å². The van der Waals surface area contributed by atoms with Gasteiger partial charge in [0.1, 0.15) is 17.3 Å². The van der Waals surface area contributed by atoms with Crippen LogP contribution in [0.15, 0.2) is 33.9 Å². The maximum atomic E-state index is 13.2. The van der Waals surface area contributed by atoms with Crippen LogP contribution < -0.4 is 17.0 Å². The molecule has 3 aromatic rings. The molecule has 10 nitrogen and oxygen atoms in total. The van der Waals surface area contributed by atoms with Gasteiger partial charge in [0.05, 0.1) is 0 Å². The number of hydrogen-bond acceptors (Lipinski definition) is 5. The van der Waals surface area contributed by atoms with E-state index in [-0.39, 0.29) is 58.3 Å². The van der Waals surface area contributed by atoms with E-state index in [9.17, 15) is 14.4 Å². The lowest BCUT2D eigenvalue weighted by Crippen LogP contribution is -2.40. The zero-order chi connectivity index (χ0) is 23.4. The Balaban J connectivity index is 0.00000289. The molecule has 0 atom stereocenters. The lowest BCUT2D eigenvalue weighted by Gasteiger charge is -2.13. The number of imidazole rings is 1. The third kappa shape index (κ3) is 6.03. The highest BCUT2D eigenvalue weighted by Gasteiger charge is 2.20. The minimum absolute atomic E-state index is 0. The van der Waals surface area contributed by atoms with Gasteiger partial charge in [0.2, 0.25) is 0 Å². The molecule has 12 heteroatoms. The standard InChI is InChI=1S/C22H28N6O4.2BrH/c1-3-4-12-27-20-17(21(31)28(22(27)32)13-6-5-7-16(29)30)25-19(26(20)2)15-10-8-14(9-11-15)18(23)24;;/h8-11H,3-7,12-13H2,1-2H3,(H3,23,24)(H,29,30);2*1H. The third-order valence-corrected chi connectivity index (χ3v) is 5.44. The maximum absolute atomic E-state index is 13.2. The molecule has 0 unspecified atom stereocenters. The lowest BCUT2D eigenvalue weighted by atomic mass is 10.1. The fourth-order valence-electron chi connectivity index (χ4n) is 3.71. The number of carboxylic acids is 1. The number of unbranched alkanes of at least 4 members (excludes halogenated alkanes) is 2. The number of fused-ring (bicyclic) bond motifs is 1. The van der Waals surface area contributed by atoms with Crippen LogP contribution in [0.1, 0.15) is 44.6 Å². The Bertz CT molecular complexity index is 1280. The van der Waals surface area contributed by atoms with Crippen molar-refractivity contribution in [1.29, 1.82) is 5.41 Å². The molecule has 0 bridgehead atoms. The molecule has 0 amide bonds. The zero-order valence-corrected chi connectivity index (χ0v) is 22.5. The van der Waals surface area contributed by atoms with E-state index in [1.165, 1.54) is 0 Å². The molecular weight excluding hydrogens is 572 g/mol. The van der Waals surface area contributed by atoms with Crippen LogP contribution in [0, 0.1) is 5.41 Å². The van der Waals surface area contributed by atoms with Crippen molar-refractivity contribution >= 4 is 56.9 Å². The monoisotopic (exact) mass is 600 g/mol. The van der Waals surface area contributed by atoms with Gasteiger partial charge < -0.3 is 15.4 Å². The second-order valence-corrected chi connectivity index (χ2v) is 7.75. The molecule has 3 rings (SSSR count). The van der Waals surface area contributed by atoms with Gasteiger partial charge in [-0.1, -0.05) is 37.6 Å². The van der Waals surface area contributed by atoms with E-state index in [1.807, 2.05) is 6.92 Å². The van der Waals surface area contributed by atoms with E-state index in [0.717, 1.165) is 23.0 Å². The molecule has 2 heterocycles. The number of amidine groups is 1. The Labute approximate surface area is 217 Å². The highest BCUT2D eigenvalue weighted by molar-refractivity contribution is 8.93. The van der Waals surface area contributed by atoms with Gasteiger partial charge in [-0.2, -0.15) is 0 Å². The second kappa shape index (κ2) is 12.7. The predicted molar refractivity (Wildman–Crippen MR) is 143 cm³/mol. The Hall–Kier alpha value is -2.73. The Morgan fingerprint density at radius 2 is 1.68 bits per heavy atom. The summed E-state index contributed by atoms with van der Waals surface area (Å²) in [6.07, 6.45) is 2.42. The Kier molecular flexibility index (Phi) is 10.9. The number of rotatable bonds is 10. The fourth-order valence-corrected chi connectivity index (χ4v) is 3.71. The van der Waals surface area contributed by atoms with Crippen LogP contribution in [-0.4, -0.2) is 35.6 Å². The fraction of sp³-hybridized carbons (Fsp3) is 0.409. The van der Waals surface area contributed by atoms with Crippen molar-refractivity contribution < 1.29 is 9.90 Å². The van der Waals surface area contributed by atoms with Crippen molar-refractivity contribution in [2.24, 2.45) is 12.8 Å². The van der Waals surface area contributed by atoms with Crippen LogP contribution in [0.3, 0.4) is 0 Å². The van der Waals surface area contributed by atoms with Gasteiger partial charge in [-0.15, -0.1) is 34.0 Å². The molecule has 0 radical (unpaired) electrons. The molecular formula is C22H30Br2N6O4. The van der Waals surface area contributed by atoms with Crippen LogP contribution >= 0.6 is 34.0 Å². The molecule has 0 saturated heterocycles. The summed E-state index contributed by atoms with van der Waals surface area (Å²) >= 11 is 0. The van der Waals surface area contributed by atoms with Crippen molar-refractivity contribution in [2.75, 3.05) is 0 Å². The van der Waals surface area contributed by atoms with Crippen molar-refractivity contribution in [3.8, 4) is 11.4 Å². The van der Waals surface area contributed by atoms with Gasteiger partial charge in [0.25, 0.3) is 5.56 Å². The summed E-state index contributed by atoms with van der Waals surface area (Å²) in [5.41, 5.74) is 6.61. The normalized spacial score (nSPS) is 10.5. The molecule has 0 fully saturated rings. The minimum Gasteiger partial charge on any atom is -0.481 e. The summed E-state index contributed by atoms with van der Waals surface area (Å²) in [4.78, 5) is 41.7. The molecule has 1 aromatic carbocycles. The topological polar surface area (TPSA) is 149 Å². The van der Waals surface area contributed by atoms with E-state index < -0.39 is 17.2 Å². The average molecular weight is 602 g/mol. The van der Waals surface area contributed by atoms with Gasteiger partial charge in [0, 0.05) is 37.7 Å². The van der Waals surface area contributed by atoms with E-state index in [2.05, 4.69) is 4.98 Å². The van der Waals surface area contributed by atoms with Crippen LogP contribution in [0.4, 0.5) is 0 Å². The van der Waals surface area contributed by atoms with Crippen LogP contribution in [0.5, 0.6) is 0 Å². The summed E-state index contributed by atoms with van der Waals surface area (Å²) in [7, 11) is 1.77. The van der Waals surface area contributed by atoms with Crippen LogP contribution in [0.2, 0.25) is 0 Å². The molecule has 34 heavy (non-hydrogen) atoms. The number of aliphatic carboxylic acids is 1. The third-order valence-electron chi connectivity index (χ3n) is 5.44. The summed E-state index contributed by atoms with van der Waals surface area (Å²) < 4.78 is 4.48. The number of nitrogens with zero attached hydrogens (tertiary/aromatic N) is 4. The molecule has 2 aromatic heterocycles. The number of aryl methyl sites for hydroxylation is 2. The Morgan fingerprint density at radius 1 is 1.06 bits per heavy atom. The molecule has 0 spiro atoms. The van der Waals surface area contributed by atoms with Gasteiger partial charge >= 0.3 is 11.7 Å². The van der Waals surface area contributed by atoms with E-state index >= 15 is 0 Å². The number of nitrogens with one attached hydrogen (secondary N) is 1. The number of carboxylic acid groups (broad SMARTS) is 1. The number of nitrogens with two attached hydrogens (primary N) is 1. The van der Waals surface area contributed by atoms with Gasteiger partial charge in [0.15, 0.2) is 5.52 Å². The number of nitrogen functional groups attached to an aromatic ring is 1. The summed E-state index contributed by atoms with van der Waals surface area (Å²) in [5, 5.41) is 16.4. The van der Waals surface area contributed by atoms with Crippen LogP contribution in [0.25, 0.3) is 22.6 Å². The van der Waals surface area contributed by atoms with E-state index in [1.54, 1.807) is 40.4 Å². The summed E-state index contributed by atoms with van der Waals surface area (Å²) in [6, 6.07) is 6.97. The van der Waals surface area contributed by atoms with Crippen molar-refractivity contribution in [1.82, 2.24) is 18.7 Å². The molecule has 186 valence electrons. The van der Waals surface area contributed by atoms with Gasteiger partial charge in [-0.25, -0.2) is 9.78 Å². The average Bonchev–Trinajstić information content (AvgIpc) is 3.10. The number of carbonyl (C=O) groups is 1. The zero-order valence-electron chi connectivity index (χ0n) is 19.1. The smallest absolute Gasteiger partial charge is 0.332 e. The highest BCUT2D eigenvalue weighted by atomic mass is 79.9. The predicted octanol–water partition coefficient (Wildman–Crippen LogP) is 3.06. The summed E-state index contributed by atoms with van der Waals surface area (Å²) in [5.74, 6) is -0.417. The van der Waals surface area contributed by atoms with Gasteiger partial charge in [-0.05, 0) is 19.3 Å². The number of benzene rings is 1. The molecule has 0 saturated carbocycles. The first-order valence-electron chi connectivity index (χ1n) is 10.6. The van der Waals surface area contributed by atoms with Crippen LogP contribution in [-0.2, 0) is 24.9 Å². The minimum atomic E-state index is -0.904. The SMILES string of the molecule is Br.Br.CCCCn1c(=O)n(CCCCC(=O)O)c(=O)c2nc(-c3ccc(C(=N)N)cc3)n(C)c21. The molecule has 4 N–H and O–H groups in total. The van der Waals surface area contributed by atoms with E-state index in [0.29, 0.717) is 36.4 Å². The number of aromatic nitrogens is 4. The second-order valence-electron chi connectivity index (χ2n) is 7.75. The molecule has 0 aliphatic heterocycles. The van der Waals surface area contributed by atoms with Crippen molar-refractivity contribution in [2.45, 2.75) is 52.1 Å². The van der Waals surface area contributed by atoms with Crippen molar-refractivity contribution in [3.63, 3.8) is 0 Å². The first-order valence-corrected chi connectivity index (χ1v) is 10.6.